The first-order valence-electron chi connectivity index (χ1n) is 3.87. The van der Waals surface area contributed by atoms with Crippen LogP contribution in [0.15, 0.2) is 48.4 Å². The van der Waals surface area contributed by atoms with Gasteiger partial charge in [0.15, 0.2) is 0 Å². The molecule has 0 aliphatic heterocycles. The number of rotatable bonds is 0. The summed E-state index contributed by atoms with van der Waals surface area (Å²) in [5, 5.41) is 3.47. The standard InChI is InChI=1S/C8H6S.C3H6/c1-2-4-8-7(3-1)5-6-9-8;1-3-2/h1-6H;3H,1H2,2H3. The Labute approximate surface area is 77.2 Å². The number of fused-ring (bicyclic) bond motifs is 1. The third kappa shape index (κ3) is 2.21. The van der Waals surface area contributed by atoms with E-state index in [0.29, 0.717) is 0 Å². The summed E-state index contributed by atoms with van der Waals surface area (Å²) in [6.07, 6.45) is 1.75. The molecule has 0 atom stereocenters. The van der Waals surface area contributed by atoms with Crippen LogP contribution in [0.2, 0.25) is 0 Å². The largest absolute Gasteiger partial charge is 0.144 e. The van der Waals surface area contributed by atoms with Crippen LogP contribution in [-0.2, 0) is 0 Å². The molecule has 0 N–H and O–H groups in total. The Morgan fingerprint density at radius 1 is 1.25 bits per heavy atom. The summed E-state index contributed by atoms with van der Waals surface area (Å²) in [5.74, 6) is 0. The molecular weight excluding hydrogens is 164 g/mol. The molecular formula is C11H12S. The van der Waals surface area contributed by atoms with Crippen molar-refractivity contribution in [3.05, 3.63) is 48.4 Å². The normalized spacial score (nSPS) is 8.75. The lowest BCUT2D eigenvalue weighted by atomic mass is 10.3. The molecule has 0 saturated heterocycles. The zero-order valence-electron chi connectivity index (χ0n) is 7.16. The number of hydrogen-bond acceptors (Lipinski definition) is 1. The van der Waals surface area contributed by atoms with Gasteiger partial charge < -0.3 is 0 Å². The van der Waals surface area contributed by atoms with E-state index in [9.17, 15) is 0 Å². The van der Waals surface area contributed by atoms with Gasteiger partial charge in [-0.2, -0.15) is 0 Å². The SMILES string of the molecule is C=CC.c1ccc2sccc2c1. The molecule has 0 aliphatic rings. The Hall–Kier alpha value is -1.08. The summed E-state index contributed by atoms with van der Waals surface area (Å²) < 4.78 is 1.37. The third-order valence-corrected chi connectivity index (χ3v) is 2.26. The summed E-state index contributed by atoms with van der Waals surface area (Å²) in [6.45, 7) is 5.25. The van der Waals surface area contributed by atoms with Gasteiger partial charge in [0.2, 0.25) is 0 Å². The summed E-state index contributed by atoms with van der Waals surface area (Å²) in [4.78, 5) is 0. The topological polar surface area (TPSA) is 0 Å². The van der Waals surface area contributed by atoms with Crippen LogP contribution in [0, 0.1) is 0 Å². The molecule has 1 heteroatoms. The van der Waals surface area contributed by atoms with Crippen molar-refractivity contribution in [2.24, 2.45) is 0 Å². The molecule has 0 aliphatic carbocycles. The third-order valence-electron chi connectivity index (χ3n) is 1.36. The maximum Gasteiger partial charge on any atom is 0.0342 e. The van der Waals surface area contributed by atoms with Crippen molar-refractivity contribution in [1.29, 1.82) is 0 Å². The lowest BCUT2D eigenvalue weighted by molar-refractivity contribution is 1.80. The minimum Gasteiger partial charge on any atom is -0.144 e. The molecule has 2 aromatic rings. The van der Waals surface area contributed by atoms with Gasteiger partial charge in [0.1, 0.15) is 0 Å². The van der Waals surface area contributed by atoms with E-state index in [1.54, 1.807) is 17.4 Å². The quantitative estimate of drug-likeness (QED) is 0.530. The average Bonchev–Trinajstić information content (AvgIpc) is 2.52. The first-order valence-corrected chi connectivity index (χ1v) is 4.75. The van der Waals surface area contributed by atoms with Crippen molar-refractivity contribution >= 4 is 21.4 Å². The van der Waals surface area contributed by atoms with E-state index in [1.165, 1.54) is 10.1 Å². The molecule has 0 radical (unpaired) electrons. The minimum atomic E-state index is 1.35. The van der Waals surface area contributed by atoms with Crippen LogP contribution >= 0.6 is 11.3 Å². The highest BCUT2D eigenvalue weighted by atomic mass is 32.1. The van der Waals surface area contributed by atoms with Gasteiger partial charge in [-0.1, -0.05) is 24.3 Å². The van der Waals surface area contributed by atoms with E-state index in [-0.39, 0.29) is 0 Å². The number of thiophene rings is 1. The van der Waals surface area contributed by atoms with Crippen LogP contribution in [-0.4, -0.2) is 0 Å². The fourth-order valence-corrected chi connectivity index (χ4v) is 1.70. The van der Waals surface area contributed by atoms with Crippen LogP contribution in [0.25, 0.3) is 10.1 Å². The zero-order valence-corrected chi connectivity index (χ0v) is 7.97. The monoisotopic (exact) mass is 176 g/mol. The molecule has 0 spiro atoms. The highest BCUT2D eigenvalue weighted by Gasteiger charge is 1.87. The van der Waals surface area contributed by atoms with Crippen LogP contribution in [0.1, 0.15) is 6.92 Å². The van der Waals surface area contributed by atoms with E-state index in [4.69, 9.17) is 0 Å². The molecule has 1 aromatic heterocycles. The van der Waals surface area contributed by atoms with Crippen LogP contribution in [0.5, 0.6) is 0 Å². The van der Waals surface area contributed by atoms with Crippen molar-refractivity contribution in [3.63, 3.8) is 0 Å². The van der Waals surface area contributed by atoms with Crippen LogP contribution in [0.3, 0.4) is 0 Å². The summed E-state index contributed by atoms with van der Waals surface area (Å²) in [6, 6.07) is 10.5. The molecule has 0 unspecified atom stereocenters. The number of hydrogen-bond donors (Lipinski definition) is 0. The van der Waals surface area contributed by atoms with E-state index in [0.717, 1.165) is 0 Å². The maximum atomic E-state index is 3.36. The Bertz CT molecular complexity index is 316. The molecule has 1 heterocycles. The average molecular weight is 176 g/mol. The Morgan fingerprint density at radius 2 is 1.92 bits per heavy atom. The van der Waals surface area contributed by atoms with Crippen molar-refractivity contribution in [2.45, 2.75) is 6.92 Å². The van der Waals surface area contributed by atoms with Crippen LogP contribution < -0.4 is 0 Å². The molecule has 0 fully saturated rings. The highest BCUT2D eigenvalue weighted by molar-refractivity contribution is 7.17. The zero-order chi connectivity index (χ0) is 8.81. The molecule has 2 rings (SSSR count). The number of allylic oxidation sites excluding steroid dienone is 1. The fraction of sp³-hybridized carbons (Fsp3) is 0.0909. The maximum absolute atomic E-state index is 3.36. The fourth-order valence-electron chi connectivity index (χ4n) is 0.906. The predicted octanol–water partition coefficient (Wildman–Crippen LogP) is 4.09. The highest BCUT2D eigenvalue weighted by Crippen LogP contribution is 2.18. The Kier molecular flexibility index (Phi) is 3.55. The van der Waals surface area contributed by atoms with Gasteiger partial charge in [0, 0.05) is 4.70 Å². The van der Waals surface area contributed by atoms with Gasteiger partial charge in [-0.3, -0.25) is 0 Å². The molecule has 0 amide bonds. The van der Waals surface area contributed by atoms with Gasteiger partial charge in [-0.15, -0.1) is 17.9 Å². The first-order chi connectivity index (χ1) is 5.88. The smallest absolute Gasteiger partial charge is 0.0342 e. The van der Waals surface area contributed by atoms with E-state index >= 15 is 0 Å². The number of benzene rings is 1. The van der Waals surface area contributed by atoms with Crippen molar-refractivity contribution in [1.82, 2.24) is 0 Å². The second kappa shape index (κ2) is 4.73. The predicted molar refractivity (Wildman–Crippen MR) is 57.7 cm³/mol. The summed E-state index contributed by atoms with van der Waals surface area (Å²) in [5.41, 5.74) is 0. The van der Waals surface area contributed by atoms with Gasteiger partial charge >= 0.3 is 0 Å². The van der Waals surface area contributed by atoms with E-state index < -0.39 is 0 Å². The van der Waals surface area contributed by atoms with Gasteiger partial charge in [-0.25, -0.2) is 0 Å². The lowest BCUT2D eigenvalue weighted by Gasteiger charge is -1.82. The van der Waals surface area contributed by atoms with E-state index in [1.807, 2.05) is 6.92 Å². The van der Waals surface area contributed by atoms with E-state index in [2.05, 4.69) is 42.3 Å². The van der Waals surface area contributed by atoms with Crippen molar-refractivity contribution < 1.29 is 0 Å². The molecule has 1 aromatic carbocycles. The molecule has 12 heavy (non-hydrogen) atoms. The summed E-state index contributed by atoms with van der Waals surface area (Å²) in [7, 11) is 0. The molecule has 0 nitrogen and oxygen atoms in total. The lowest BCUT2D eigenvalue weighted by Crippen LogP contribution is -1.56. The second-order valence-corrected chi connectivity index (χ2v) is 3.31. The molecule has 0 saturated carbocycles. The van der Waals surface area contributed by atoms with Gasteiger partial charge in [0.05, 0.1) is 0 Å². The van der Waals surface area contributed by atoms with Crippen molar-refractivity contribution in [3.8, 4) is 0 Å². The first kappa shape index (κ1) is 9.01. The summed E-state index contributed by atoms with van der Waals surface area (Å²) >= 11 is 1.79. The van der Waals surface area contributed by atoms with Gasteiger partial charge in [0.25, 0.3) is 0 Å². The van der Waals surface area contributed by atoms with Crippen molar-refractivity contribution in [2.75, 3.05) is 0 Å². The Balaban J connectivity index is 0.000000213. The minimum absolute atomic E-state index is 1.35. The molecule has 0 bridgehead atoms. The Morgan fingerprint density at radius 3 is 2.58 bits per heavy atom. The van der Waals surface area contributed by atoms with Gasteiger partial charge in [-0.05, 0) is 29.8 Å². The second-order valence-electron chi connectivity index (χ2n) is 2.37. The van der Waals surface area contributed by atoms with Crippen LogP contribution in [0.4, 0.5) is 0 Å². The molecule has 62 valence electrons.